The van der Waals surface area contributed by atoms with E-state index in [9.17, 15) is 18.0 Å². The number of nitrogens with one attached hydrogen (secondary N) is 2. The smallest absolute Gasteiger partial charge is 0.264 e. The standard InChI is InChI=1S/C25H21N3O4S/c29-17-22(15-18-7-2-1-3-8-18)27-25(30)20-10-4-12-21(16-20)28-33(31,32)23-13-5-9-19-11-6-14-26-24(19)23/h1-14,16-17,22,28H,15H2,(H,27,30). The predicted molar refractivity (Wildman–Crippen MR) is 126 cm³/mol. The fourth-order valence-electron chi connectivity index (χ4n) is 3.48. The van der Waals surface area contributed by atoms with Crippen LogP contribution in [0.2, 0.25) is 0 Å². The number of carbonyl (C=O) groups is 2. The molecule has 0 saturated carbocycles. The second kappa shape index (κ2) is 9.62. The van der Waals surface area contributed by atoms with Crippen molar-refractivity contribution in [1.29, 1.82) is 0 Å². The molecule has 0 aliphatic carbocycles. The molecule has 0 radical (unpaired) electrons. The molecule has 2 N–H and O–H groups in total. The summed E-state index contributed by atoms with van der Waals surface area (Å²) in [4.78, 5) is 28.4. The number of sulfonamides is 1. The van der Waals surface area contributed by atoms with Gasteiger partial charge in [-0.25, -0.2) is 8.42 Å². The lowest BCUT2D eigenvalue weighted by atomic mass is 10.1. The van der Waals surface area contributed by atoms with Crippen LogP contribution < -0.4 is 10.0 Å². The number of nitrogens with zero attached hydrogens (tertiary/aromatic N) is 1. The Labute approximate surface area is 191 Å². The van der Waals surface area contributed by atoms with Crippen LogP contribution in [0.1, 0.15) is 15.9 Å². The largest absolute Gasteiger partial charge is 0.342 e. The van der Waals surface area contributed by atoms with Gasteiger partial charge in [0, 0.05) is 22.8 Å². The van der Waals surface area contributed by atoms with E-state index >= 15 is 0 Å². The Morgan fingerprint density at radius 1 is 0.939 bits per heavy atom. The van der Waals surface area contributed by atoms with Gasteiger partial charge in [0.1, 0.15) is 11.2 Å². The summed E-state index contributed by atoms with van der Waals surface area (Å²) < 4.78 is 28.6. The Balaban J connectivity index is 1.52. The van der Waals surface area contributed by atoms with Crippen LogP contribution in [0.15, 0.2) is 96.0 Å². The molecule has 3 aromatic carbocycles. The van der Waals surface area contributed by atoms with Crippen LogP contribution in [0.5, 0.6) is 0 Å². The van der Waals surface area contributed by atoms with Crippen LogP contribution in [0, 0.1) is 0 Å². The van der Waals surface area contributed by atoms with E-state index in [0.29, 0.717) is 23.6 Å². The van der Waals surface area contributed by atoms with E-state index in [1.54, 1.807) is 42.5 Å². The number of aromatic nitrogens is 1. The van der Waals surface area contributed by atoms with Crippen LogP contribution in [0.25, 0.3) is 10.9 Å². The van der Waals surface area contributed by atoms with Crippen LogP contribution in [0.4, 0.5) is 5.69 Å². The van der Waals surface area contributed by atoms with Crippen molar-refractivity contribution in [3.05, 3.63) is 102 Å². The molecular weight excluding hydrogens is 438 g/mol. The van der Waals surface area contributed by atoms with Gasteiger partial charge in [0.05, 0.1) is 11.6 Å². The van der Waals surface area contributed by atoms with Crippen LogP contribution in [-0.4, -0.2) is 31.6 Å². The average Bonchev–Trinajstić information content (AvgIpc) is 2.83. The number of pyridine rings is 1. The highest BCUT2D eigenvalue weighted by Crippen LogP contribution is 2.23. The van der Waals surface area contributed by atoms with Gasteiger partial charge in [-0.3, -0.25) is 14.5 Å². The van der Waals surface area contributed by atoms with E-state index in [-0.39, 0.29) is 16.1 Å². The molecule has 0 aliphatic heterocycles. The number of para-hydroxylation sites is 1. The van der Waals surface area contributed by atoms with Gasteiger partial charge in [0.25, 0.3) is 15.9 Å². The zero-order valence-electron chi connectivity index (χ0n) is 17.5. The molecule has 1 aromatic heterocycles. The first-order valence-corrected chi connectivity index (χ1v) is 11.7. The zero-order valence-corrected chi connectivity index (χ0v) is 18.3. The fraction of sp³-hybridized carbons (Fsp3) is 0.0800. The molecule has 1 unspecified atom stereocenters. The zero-order chi connectivity index (χ0) is 23.3. The topological polar surface area (TPSA) is 105 Å². The minimum Gasteiger partial charge on any atom is -0.342 e. The molecule has 0 fully saturated rings. The van der Waals surface area contributed by atoms with E-state index in [0.717, 1.165) is 5.56 Å². The number of hydrogen-bond donors (Lipinski definition) is 2. The van der Waals surface area contributed by atoms with Crippen molar-refractivity contribution >= 4 is 38.8 Å². The van der Waals surface area contributed by atoms with Crippen molar-refractivity contribution < 1.29 is 18.0 Å². The summed E-state index contributed by atoms with van der Waals surface area (Å²) in [7, 11) is -3.95. The Kier molecular flexibility index (Phi) is 6.46. The van der Waals surface area contributed by atoms with Gasteiger partial charge in [-0.1, -0.05) is 54.6 Å². The molecule has 33 heavy (non-hydrogen) atoms. The third-order valence-corrected chi connectivity index (χ3v) is 6.45. The molecule has 1 amide bonds. The van der Waals surface area contributed by atoms with E-state index in [2.05, 4.69) is 15.0 Å². The second-order valence-corrected chi connectivity index (χ2v) is 9.07. The highest BCUT2D eigenvalue weighted by molar-refractivity contribution is 7.93. The second-order valence-electron chi connectivity index (χ2n) is 7.42. The molecule has 4 rings (SSSR count). The van der Waals surface area contributed by atoms with Crippen molar-refractivity contribution in [3.8, 4) is 0 Å². The lowest BCUT2D eigenvalue weighted by Gasteiger charge is -2.14. The van der Waals surface area contributed by atoms with Crippen molar-refractivity contribution in [2.75, 3.05) is 4.72 Å². The Hall–Kier alpha value is -4.04. The molecule has 166 valence electrons. The van der Waals surface area contributed by atoms with Gasteiger partial charge in [0.2, 0.25) is 0 Å². The maximum absolute atomic E-state index is 13.0. The van der Waals surface area contributed by atoms with E-state index in [1.165, 1.54) is 18.3 Å². The SMILES string of the molecule is O=CC(Cc1ccccc1)NC(=O)c1cccc(NS(=O)(=O)c2cccc3cccnc23)c1. The van der Waals surface area contributed by atoms with Gasteiger partial charge in [-0.15, -0.1) is 0 Å². The van der Waals surface area contributed by atoms with Gasteiger partial charge in [-0.2, -0.15) is 0 Å². The molecule has 1 atom stereocenters. The molecule has 1 heterocycles. The molecule has 4 aromatic rings. The number of anilines is 1. The number of hydrogen-bond acceptors (Lipinski definition) is 5. The van der Waals surface area contributed by atoms with Gasteiger partial charge < -0.3 is 10.1 Å². The maximum atomic E-state index is 13.0. The third kappa shape index (κ3) is 5.24. The number of carbonyl (C=O) groups excluding carboxylic acids is 2. The fourth-order valence-corrected chi connectivity index (χ4v) is 4.71. The molecular formula is C25H21N3O4S. The Morgan fingerprint density at radius 2 is 1.70 bits per heavy atom. The molecule has 7 nitrogen and oxygen atoms in total. The summed E-state index contributed by atoms with van der Waals surface area (Å²) in [6.45, 7) is 0. The third-order valence-electron chi connectivity index (χ3n) is 5.04. The summed E-state index contributed by atoms with van der Waals surface area (Å²) in [6.07, 6.45) is 2.58. The monoisotopic (exact) mass is 459 g/mol. The van der Waals surface area contributed by atoms with Crippen molar-refractivity contribution in [1.82, 2.24) is 10.3 Å². The summed E-state index contributed by atoms with van der Waals surface area (Å²) in [5, 5.41) is 3.38. The first-order valence-electron chi connectivity index (χ1n) is 10.2. The predicted octanol–water partition coefficient (Wildman–Crippen LogP) is 3.58. The summed E-state index contributed by atoms with van der Waals surface area (Å²) >= 11 is 0. The average molecular weight is 460 g/mol. The molecule has 0 aliphatic rings. The first-order chi connectivity index (χ1) is 16.0. The minimum absolute atomic E-state index is 0.0411. The number of amides is 1. The number of rotatable bonds is 8. The maximum Gasteiger partial charge on any atom is 0.264 e. The Bertz CT molecular complexity index is 1400. The van der Waals surface area contributed by atoms with Crippen LogP contribution in [-0.2, 0) is 21.2 Å². The molecule has 8 heteroatoms. The highest BCUT2D eigenvalue weighted by atomic mass is 32.2. The normalized spacial score (nSPS) is 12.1. The van der Waals surface area contributed by atoms with E-state index in [4.69, 9.17) is 0 Å². The quantitative estimate of drug-likeness (QED) is 0.392. The summed E-state index contributed by atoms with van der Waals surface area (Å²) in [5.41, 5.74) is 1.73. The molecule has 0 spiro atoms. The summed E-state index contributed by atoms with van der Waals surface area (Å²) in [6, 6.07) is 23.2. The van der Waals surface area contributed by atoms with E-state index in [1.807, 2.05) is 30.3 Å². The minimum atomic E-state index is -3.95. The lowest BCUT2D eigenvalue weighted by Crippen LogP contribution is -2.37. The van der Waals surface area contributed by atoms with Gasteiger partial charge in [0.15, 0.2) is 0 Å². The highest BCUT2D eigenvalue weighted by Gasteiger charge is 2.19. The van der Waals surface area contributed by atoms with Crippen LogP contribution in [0.3, 0.4) is 0 Å². The van der Waals surface area contributed by atoms with Crippen molar-refractivity contribution in [3.63, 3.8) is 0 Å². The lowest BCUT2D eigenvalue weighted by molar-refractivity contribution is -0.109. The van der Waals surface area contributed by atoms with Crippen LogP contribution >= 0.6 is 0 Å². The summed E-state index contributed by atoms with van der Waals surface area (Å²) in [5.74, 6) is -0.476. The molecule has 0 saturated heterocycles. The molecule has 0 bridgehead atoms. The number of fused-ring (bicyclic) bond motifs is 1. The van der Waals surface area contributed by atoms with E-state index < -0.39 is 22.0 Å². The van der Waals surface area contributed by atoms with Crippen molar-refractivity contribution in [2.24, 2.45) is 0 Å². The van der Waals surface area contributed by atoms with Gasteiger partial charge in [-0.05, 0) is 42.3 Å². The van der Waals surface area contributed by atoms with Crippen molar-refractivity contribution in [2.45, 2.75) is 17.4 Å². The van der Waals surface area contributed by atoms with Gasteiger partial charge >= 0.3 is 0 Å². The first kappa shape index (κ1) is 22.2. The number of aldehydes is 1. The Morgan fingerprint density at radius 3 is 2.48 bits per heavy atom. The number of benzene rings is 3.